The molecular weight excluding hydrogens is 270 g/mol. The number of carboxylic acids is 1. The van der Waals surface area contributed by atoms with Gasteiger partial charge >= 0.3 is 5.97 Å². The van der Waals surface area contributed by atoms with E-state index < -0.39 is 5.97 Å². The third kappa shape index (κ3) is 1.87. The SMILES string of the molecule is COc1cccc2[nH]c(C)c(-c3c(C(=O)O)cnn3C)c12. The fourth-order valence-corrected chi connectivity index (χ4v) is 2.70. The molecule has 0 saturated carbocycles. The van der Waals surface area contributed by atoms with Crippen LogP contribution in [0.2, 0.25) is 0 Å². The van der Waals surface area contributed by atoms with Gasteiger partial charge in [0.25, 0.3) is 0 Å². The highest BCUT2D eigenvalue weighted by Gasteiger charge is 2.23. The van der Waals surface area contributed by atoms with E-state index in [1.807, 2.05) is 25.1 Å². The lowest BCUT2D eigenvalue weighted by Crippen LogP contribution is -2.01. The number of aromatic carboxylic acids is 1. The van der Waals surface area contributed by atoms with Crippen molar-refractivity contribution in [3.8, 4) is 17.0 Å². The minimum absolute atomic E-state index is 0.174. The molecule has 0 fully saturated rings. The maximum absolute atomic E-state index is 11.4. The third-order valence-electron chi connectivity index (χ3n) is 3.60. The Morgan fingerprint density at radius 2 is 2.19 bits per heavy atom. The molecule has 0 unspecified atom stereocenters. The number of fused-ring (bicyclic) bond motifs is 1. The normalized spacial score (nSPS) is 11.0. The molecule has 21 heavy (non-hydrogen) atoms. The average Bonchev–Trinajstić information content (AvgIpc) is 2.97. The number of carbonyl (C=O) groups is 1. The van der Waals surface area contributed by atoms with E-state index in [9.17, 15) is 9.90 Å². The van der Waals surface area contributed by atoms with Gasteiger partial charge in [-0.25, -0.2) is 4.79 Å². The number of nitrogens with zero attached hydrogens (tertiary/aromatic N) is 2. The van der Waals surface area contributed by atoms with E-state index in [0.29, 0.717) is 11.4 Å². The van der Waals surface area contributed by atoms with Gasteiger partial charge in [0.05, 0.1) is 29.9 Å². The Morgan fingerprint density at radius 1 is 1.43 bits per heavy atom. The van der Waals surface area contributed by atoms with Crippen molar-refractivity contribution in [2.45, 2.75) is 6.92 Å². The second-order valence-corrected chi connectivity index (χ2v) is 4.84. The lowest BCUT2D eigenvalue weighted by atomic mass is 10.0. The highest BCUT2D eigenvalue weighted by Crippen LogP contribution is 2.38. The molecule has 0 atom stereocenters. The molecule has 2 heterocycles. The molecule has 2 N–H and O–H groups in total. The molecule has 0 aliphatic heterocycles. The van der Waals surface area contributed by atoms with Crippen LogP contribution in [0.25, 0.3) is 22.2 Å². The van der Waals surface area contributed by atoms with Crippen LogP contribution in [0.3, 0.4) is 0 Å². The molecule has 2 aromatic heterocycles. The Kier molecular flexibility index (Phi) is 2.94. The fraction of sp³-hybridized carbons (Fsp3) is 0.200. The minimum atomic E-state index is -0.998. The number of carboxylic acid groups (broad SMARTS) is 1. The summed E-state index contributed by atoms with van der Waals surface area (Å²) in [5.41, 5.74) is 3.32. The first kappa shape index (κ1) is 13.2. The van der Waals surface area contributed by atoms with E-state index in [-0.39, 0.29) is 5.56 Å². The van der Waals surface area contributed by atoms with Crippen molar-refractivity contribution >= 4 is 16.9 Å². The maximum Gasteiger partial charge on any atom is 0.339 e. The van der Waals surface area contributed by atoms with Gasteiger partial charge in [-0.1, -0.05) is 6.07 Å². The summed E-state index contributed by atoms with van der Waals surface area (Å²) in [5, 5.41) is 14.3. The van der Waals surface area contributed by atoms with Crippen molar-refractivity contribution < 1.29 is 14.6 Å². The molecule has 0 aliphatic carbocycles. The summed E-state index contributed by atoms with van der Waals surface area (Å²) in [5.74, 6) is -0.300. The van der Waals surface area contributed by atoms with Crippen molar-refractivity contribution in [1.82, 2.24) is 14.8 Å². The van der Waals surface area contributed by atoms with Crippen LogP contribution in [0.4, 0.5) is 0 Å². The second kappa shape index (κ2) is 4.66. The third-order valence-corrected chi connectivity index (χ3v) is 3.60. The van der Waals surface area contributed by atoms with Crippen LogP contribution in [0.15, 0.2) is 24.4 Å². The van der Waals surface area contributed by atoms with Gasteiger partial charge < -0.3 is 14.8 Å². The zero-order chi connectivity index (χ0) is 15.1. The van der Waals surface area contributed by atoms with Gasteiger partial charge in [-0.05, 0) is 19.1 Å². The Labute approximate surface area is 121 Å². The highest BCUT2D eigenvalue weighted by atomic mass is 16.5. The molecule has 108 valence electrons. The molecule has 6 heteroatoms. The summed E-state index contributed by atoms with van der Waals surface area (Å²) in [4.78, 5) is 14.7. The molecule has 3 aromatic rings. The number of H-pyrrole nitrogens is 1. The zero-order valence-corrected chi connectivity index (χ0v) is 12.0. The Hall–Kier alpha value is -2.76. The van der Waals surface area contributed by atoms with Gasteiger partial charge in [-0.3, -0.25) is 4.68 Å². The van der Waals surface area contributed by atoms with E-state index >= 15 is 0 Å². The van der Waals surface area contributed by atoms with Crippen LogP contribution in [0.5, 0.6) is 5.75 Å². The smallest absolute Gasteiger partial charge is 0.339 e. The Morgan fingerprint density at radius 3 is 2.86 bits per heavy atom. The summed E-state index contributed by atoms with van der Waals surface area (Å²) in [6, 6.07) is 5.68. The molecular formula is C15H15N3O3. The number of aromatic nitrogens is 3. The number of aryl methyl sites for hydroxylation is 2. The first-order valence-electron chi connectivity index (χ1n) is 6.45. The number of benzene rings is 1. The van der Waals surface area contributed by atoms with Crippen LogP contribution in [0, 0.1) is 6.92 Å². The van der Waals surface area contributed by atoms with Crippen molar-refractivity contribution in [2.24, 2.45) is 7.05 Å². The summed E-state index contributed by atoms with van der Waals surface area (Å²) in [6.45, 7) is 1.91. The molecule has 0 bridgehead atoms. The van der Waals surface area contributed by atoms with Crippen molar-refractivity contribution in [3.05, 3.63) is 35.7 Å². The highest BCUT2D eigenvalue weighted by molar-refractivity contribution is 6.05. The first-order valence-corrected chi connectivity index (χ1v) is 6.45. The Bertz CT molecular complexity index is 845. The molecule has 0 amide bonds. The zero-order valence-electron chi connectivity index (χ0n) is 12.0. The maximum atomic E-state index is 11.4. The van der Waals surface area contributed by atoms with Gasteiger partial charge in [-0.15, -0.1) is 0 Å². The lowest BCUT2D eigenvalue weighted by molar-refractivity contribution is 0.0697. The van der Waals surface area contributed by atoms with Gasteiger partial charge in [-0.2, -0.15) is 5.10 Å². The molecule has 0 radical (unpaired) electrons. The summed E-state index contributed by atoms with van der Waals surface area (Å²) in [7, 11) is 3.33. The molecule has 0 spiro atoms. The number of aromatic amines is 1. The quantitative estimate of drug-likeness (QED) is 0.775. The largest absolute Gasteiger partial charge is 0.496 e. The van der Waals surface area contributed by atoms with E-state index in [1.165, 1.54) is 6.20 Å². The minimum Gasteiger partial charge on any atom is -0.496 e. The van der Waals surface area contributed by atoms with Gasteiger partial charge in [0, 0.05) is 18.3 Å². The number of hydrogen-bond donors (Lipinski definition) is 2. The Balaban J connectivity index is 2.43. The van der Waals surface area contributed by atoms with Crippen molar-refractivity contribution in [1.29, 1.82) is 0 Å². The monoisotopic (exact) mass is 285 g/mol. The van der Waals surface area contributed by atoms with Crippen LogP contribution in [-0.4, -0.2) is 33.0 Å². The van der Waals surface area contributed by atoms with Crippen LogP contribution >= 0.6 is 0 Å². The van der Waals surface area contributed by atoms with Gasteiger partial charge in [0.1, 0.15) is 11.3 Å². The molecule has 6 nitrogen and oxygen atoms in total. The van der Waals surface area contributed by atoms with Gasteiger partial charge in [0.2, 0.25) is 0 Å². The predicted octanol–water partition coefficient (Wildman–Crippen LogP) is 2.58. The number of ether oxygens (including phenoxy) is 1. The summed E-state index contributed by atoms with van der Waals surface area (Å²) in [6.07, 6.45) is 1.37. The predicted molar refractivity (Wildman–Crippen MR) is 78.7 cm³/mol. The standard InChI is InChI=1S/C15H15N3O3/c1-8-12(14-9(15(19)20)7-16-18(14)2)13-10(17-8)5-4-6-11(13)21-3/h4-7,17H,1-3H3,(H,19,20). The summed E-state index contributed by atoms with van der Waals surface area (Å²) >= 11 is 0. The average molecular weight is 285 g/mol. The topological polar surface area (TPSA) is 80.1 Å². The number of nitrogens with one attached hydrogen (secondary N) is 1. The first-order chi connectivity index (χ1) is 10.0. The molecule has 0 saturated heterocycles. The van der Waals surface area contributed by atoms with Crippen LogP contribution < -0.4 is 4.74 Å². The molecule has 3 rings (SSSR count). The van der Waals surface area contributed by atoms with Gasteiger partial charge in [0.15, 0.2) is 0 Å². The van der Waals surface area contributed by atoms with E-state index in [0.717, 1.165) is 22.2 Å². The van der Waals surface area contributed by atoms with E-state index in [2.05, 4.69) is 10.1 Å². The molecule has 1 aromatic carbocycles. The lowest BCUT2D eigenvalue weighted by Gasteiger charge is -2.07. The molecule has 0 aliphatic rings. The number of rotatable bonds is 3. The fourth-order valence-electron chi connectivity index (χ4n) is 2.70. The summed E-state index contributed by atoms with van der Waals surface area (Å²) < 4.78 is 7.00. The van der Waals surface area contributed by atoms with E-state index in [4.69, 9.17) is 4.74 Å². The number of methoxy groups -OCH3 is 1. The second-order valence-electron chi connectivity index (χ2n) is 4.84. The van der Waals surface area contributed by atoms with Crippen molar-refractivity contribution in [2.75, 3.05) is 7.11 Å². The van der Waals surface area contributed by atoms with Crippen molar-refractivity contribution in [3.63, 3.8) is 0 Å². The van der Waals surface area contributed by atoms with Crippen LogP contribution in [-0.2, 0) is 7.05 Å². The number of hydrogen-bond acceptors (Lipinski definition) is 3. The van der Waals surface area contributed by atoms with Crippen LogP contribution in [0.1, 0.15) is 16.1 Å². The van der Waals surface area contributed by atoms with E-state index in [1.54, 1.807) is 18.8 Å².